The topological polar surface area (TPSA) is 54.0 Å². The first-order valence-corrected chi connectivity index (χ1v) is 6.77. The molecule has 1 aliphatic rings. The third kappa shape index (κ3) is 2.50. The number of carbonyl (C=O) groups excluding carboxylic acids is 1. The SMILES string of the molecule is CNC(=O)c1cc(NC2Cc3ccccc3C2)ccn1. The van der Waals surface area contributed by atoms with Crippen LogP contribution in [0.15, 0.2) is 42.6 Å². The van der Waals surface area contributed by atoms with Crippen LogP contribution in [0, 0.1) is 0 Å². The van der Waals surface area contributed by atoms with Gasteiger partial charge in [0.1, 0.15) is 5.69 Å². The number of hydrogen-bond acceptors (Lipinski definition) is 3. The average Bonchev–Trinajstić information content (AvgIpc) is 2.88. The van der Waals surface area contributed by atoms with Crippen molar-refractivity contribution in [3.05, 3.63) is 59.4 Å². The minimum absolute atomic E-state index is 0.164. The van der Waals surface area contributed by atoms with Gasteiger partial charge in [-0.2, -0.15) is 0 Å². The van der Waals surface area contributed by atoms with Gasteiger partial charge < -0.3 is 10.6 Å². The number of hydrogen-bond donors (Lipinski definition) is 2. The van der Waals surface area contributed by atoms with Gasteiger partial charge in [0.05, 0.1) is 0 Å². The van der Waals surface area contributed by atoms with Gasteiger partial charge in [-0.1, -0.05) is 24.3 Å². The Bertz CT molecular complexity index is 614. The Morgan fingerprint density at radius 3 is 2.55 bits per heavy atom. The Morgan fingerprint density at radius 2 is 1.90 bits per heavy atom. The monoisotopic (exact) mass is 267 g/mol. The van der Waals surface area contributed by atoms with Gasteiger partial charge in [0, 0.05) is 25.0 Å². The van der Waals surface area contributed by atoms with Crippen LogP contribution in [-0.2, 0) is 12.8 Å². The van der Waals surface area contributed by atoms with Gasteiger partial charge in [0.25, 0.3) is 5.91 Å². The van der Waals surface area contributed by atoms with Crippen molar-refractivity contribution in [3.8, 4) is 0 Å². The molecular formula is C16H17N3O. The van der Waals surface area contributed by atoms with Gasteiger partial charge in [0.15, 0.2) is 0 Å². The molecule has 1 aliphatic carbocycles. The summed E-state index contributed by atoms with van der Waals surface area (Å²) in [6, 6.07) is 12.6. The van der Waals surface area contributed by atoms with Crippen molar-refractivity contribution >= 4 is 11.6 Å². The predicted molar refractivity (Wildman–Crippen MR) is 78.9 cm³/mol. The summed E-state index contributed by atoms with van der Waals surface area (Å²) >= 11 is 0. The Balaban J connectivity index is 1.72. The number of carbonyl (C=O) groups is 1. The van der Waals surface area contributed by atoms with Crippen LogP contribution < -0.4 is 10.6 Å². The molecule has 102 valence electrons. The number of fused-ring (bicyclic) bond motifs is 1. The zero-order valence-electron chi connectivity index (χ0n) is 11.4. The lowest BCUT2D eigenvalue weighted by Crippen LogP contribution is -2.22. The summed E-state index contributed by atoms with van der Waals surface area (Å²) in [5.74, 6) is -0.164. The van der Waals surface area contributed by atoms with Gasteiger partial charge in [0.2, 0.25) is 0 Å². The highest BCUT2D eigenvalue weighted by Crippen LogP contribution is 2.24. The molecule has 0 atom stereocenters. The largest absolute Gasteiger partial charge is 0.382 e. The Labute approximate surface area is 118 Å². The molecule has 2 aromatic rings. The van der Waals surface area contributed by atoms with Gasteiger partial charge in [-0.3, -0.25) is 9.78 Å². The van der Waals surface area contributed by atoms with Crippen LogP contribution in [0.2, 0.25) is 0 Å². The van der Waals surface area contributed by atoms with E-state index in [0.29, 0.717) is 11.7 Å². The van der Waals surface area contributed by atoms with E-state index in [1.807, 2.05) is 6.07 Å². The first-order chi connectivity index (χ1) is 9.76. The summed E-state index contributed by atoms with van der Waals surface area (Å²) in [6.07, 6.45) is 3.70. The smallest absolute Gasteiger partial charge is 0.269 e. The van der Waals surface area contributed by atoms with Crippen molar-refractivity contribution in [1.29, 1.82) is 0 Å². The first-order valence-electron chi connectivity index (χ1n) is 6.77. The molecule has 1 heterocycles. The molecule has 20 heavy (non-hydrogen) atoms. The maximum absolute atomic E-state index is 11.6. The second-order valence-electron chi connectivity index (χ2n) is 5.03. The Hall–Kier alpha value is -2.36. The summed E-state index contributed by atoms with van der Waals surface area (Å²) in [6.45, 7) is 0. The minimum Gasteiger partial charge on any atom is -0.382 e. The molecule has 0 aliphatic heterocycles. The fourth-order valence-corrected chi connectivity index (χ4v) is 2.67. The van der Waals surface area contributed by atoms with Crippen LogP contribution in [0.25, 0.3) is 0 Å². The van der Waals surface area contributed by atoms with Gasteiger partial charge in [-0.05, 0) is 36.1 Å². The fraction of sp³-hybridized carbons (Fsp3) is 0.250. The third-order valence-electron chi connectivity index (χ3n) is 3.64. The van der Waals surface area contributed by atoms with Crippen LogP contribution in [0.4, 0.5) is 5.69 Å². The van der Waals surface area contributed by atoms with Crippen molar-refractivity contribution in [2.24, 2.45) is 0 Å². The van der Waals surface area contributed by atoms with Gasteiger partial charge in [-0.15, -0.1) is 0 Å². The van der Waals surface area contributed by atoms with Gasteiger partial charge in [-0.25, -0.2) is 0 Å². The molecule has 1 amide bonds. The van der Waals surface area contributed by atoms with Crippen molar-refractivity contribution < 1.29 is 4.79 Å². The number of rotatable bonds is 3. The number of benzene rings is 1. The normalized spacial score (nSPS) is 13.8. The van der Waals surface area contributed by atoms with Crippen LogP contribution in [-0.4, -0.2) is 24.0 Å². The summed E-state index contributed by atoms with van der Waals surface area (Å²) in [4.78, 5) is 15.7. The summed E-state index contributed by atoms with van der Waals surface area (Å²) in [5.41, 5.74) is 4.19. The van der Waals surface area contributed by atoms with E-state index in [1.54, 1.807) is 19.3 Å². The van der Waals surface area contributed by atoms with Crippen LogP contribution in [0.1, 0.15) is 21.6 Å². The highest BCUT2D eigenvalue weighted by atomic mass is 16.1. The zero-order chi connectivity index (χ0) is 13.9. The molecule has 0 saturated heterocycles. The quantitative estimate of drug-likeness (QED) is 0.894. The molecule has 3 rings (SSSR count). The molecule has 1 aromatic carbocycles. The maximum Gasteiger partial charge on any atom is 0.269 e. The van der Waals surface area contributed by atoms with Crippen molar-refractivity contribution in [3.63, 3.8) is 0 Å². The van der Waals surface area contributed by atoms with Crippen molar-refractivity contribution in [2.75, 3.05) is 12.4 Å². The number of amides is 1. The van der Waals surface area contributed by atoms with E-state index in [2.05, 4.69) is 39.9 Å². The maximum atomic E-state index is 11.6. The number of nitrogens with one attached hydrogen (secondary N) is 2. The van der Waals surface area contributed by atoms with E-state index in [0.717, 1.165) is 18.5 Å². The molecule has 0 saturated carbocycles. The third-order valence-corrected chi connectivity index (χ3v) is 3.64. The number of pyridine rings is 1. The molecule has 0 unspecified atom stereocenters. The first kappa shape index (κ1) is 12.7. The molecular weight excluding hydrogens is 250 g/mol. The molecule has 4 heteroatoms. The Morgan fingerprint density at radius 1 is 1.20 bits per heavy atom. The van der Waals surface area contributed by atoms with E-state index >= 15 is 0 Å². The second-order valence-corrected chi connectivity index (χ2v) is 5.03. The zero-order valence-corrected chi connectivity index (χ0v) is 11.4. The average molecular weight is 267 g/mol. The Kier molecular flexibility index (Phi) is 3.37. The van der Waals surface area contributed by atoms with E-state index in [-0.39, 0.29) is 5.91 Å². The summed E-state index contributed by atoms with van der Waals surface area (Å²) in [7, 11) is 1.61. The number of aromatic nitrogens is 1. The van der Waals surface area contributed by atoms with Crippen LogP contribution >= 0.6 is 0 Å². The minimum atomic E-state index is -0.164. The van der Waals surface area contributed by atoms with E-state index in [9.17, 15) is 4.79 Å². The molecule has 0 fully saturated rings. The lowest BCUT2D eigenvalue weighted by molar-refractivity contribution is 0.0958. The predicted octanol–water partition coefficient (Wildman–Crippen LogP) is 2.02. The summed E-state index contributed by atoms with van der Waals surface area (Å²) in [5, 5.41) is 6.07. The highest BCUT2D eigenvalue weighted by molar-refractivity contribution is 5.92. The van der Waals surface area contributed by atoms with E-state index in [1.165, 1.54) is 11.1 Å². The van der Waals surface area contributed by atoms with Crippen molar-refractivity contribution in [1.82, 2.24) is 10.3 Å². The summed E-state index contributed by atoms with van der Waals surface area (Å²) < 4.78 is 0. The lowest BCUT2D eigenvalue weighted by atomic mass is 10.1. The van der Waals surface area contributed by atoms with E-state index < -0.39 is 0 Å². The number of anilines is 1. The van der Waals surface area contributed by atoms with Crippen LogP contribution in [0.3, 0.4) is 0 Å². The standard InChI is InChI=1S/C16H17N3O/c1-17-16(20)15-10-13(6-7-18-15)19-14-8-11-4-2-3-5-12(11)9-14/h2-7,10,14H,8-9H2,1H3,(H,17,20)(H,18,19). The second kappa shape index (κ2) is 5.33. The number of nitrogens with zero attached hydrogens (tertiary/aromatic N) is 1. The van der Waals surface area contributed by atoms with E-state index in [4.69, 9.17) is 0 Å². The lowest BCUT2D eigenvalue weighted by Gasteiger charge is -2.14. The molecule has 2 N–H and O–H groups in total. The molecule has 1 aromatic heterocycles. The molecule has 0 radical (unpaired) electrons. The van der Waals surface area contributed by atoms with Crippen LogP contribution in [0.5, 0.6) is 0 Å². The molecule has 4 nitrogen and oxygen atoms in total. The van der Waals surface area contributed by atoms with Gasteiger partial charge >= 0.3 is 0 Å². The molecule has 0 bridgehead atoms. The molecule has 0 spiro atoms. The fourth-order valence-electron chi connectivity index (χ4n) is 2.67. The van der Waals surface area contributed by atoms with Crippen molar-refractivity contribution in [2.45, 2.75) is 18.9 Å². The highest BCUT2D eigenvalue weighted by Gasteiger charge is 2.20.